The molecule has 3 aromatic carbocycles. The summed E-state index contributed by atoms with van der Waals surface area (Å²) < 4.78 is 11.1. The number of hydrogen-bond donors (Lipinski definition) is 1. The summed E-state index contributed by atoms with van der Waals surface area (Å²) in [5.41, 5.74) is 3.46. The fourth-order valence-electron chi connectivity index (χ4n) is 4.76. The van der Waals surface area contributed by atoms with Crippen LogP contribution in [0, 0.1) is 0 Å². The highest BCUT2D eigenvalue weighted by atomic mass is 16.5. The third-order valence-electron chi connectivity index (χ3n) is 6.40. The van der Waals surface area contributed by atoms with Gasteiger partial charge in [0.05, 0.1) is 37.8 Å². The second kappa shape index (κ2) is 9.02. The molecule has 0 saturated carbocycles. The Morgan fingerprint density at radius 2 is 1.68 bits per heavy atom. The lowest BCUT2D eigenvalue weighted by molar-refractivity contribution is -0.132. The highest BCUT2D eigenvalue weighted by Gasteiger charge is 2.33. The molecule has 0 aliphatic carbocycles. The summed E-state index contributed by atoms with van der Waals surface area (Å²) in [7, 11) is 3.24. The number of H-pyrrole nitrogens is 1. The number of methoxy groups -OCH3 is 2. The smallest absolute Gasteiger partial charge is 0.272 e. The molecule has 1 aliphatic rings. The zero-order chi connectivity index (χ0) is 23.7. The minimum atomic E-state index is -0.272. The molecule has 0 unspecified atom stereocenters. The van der Waals surface area contributed by atoms with Crippen LogP contribution in [-0.4, -0.2) is 41.8 Å². The molecule has 7 nitrogen and oxygen atoms in total. The fourth-order valence-corrected chi connectivity index (χ4v) is 4.76. The van der Waals surface area contributed by atoms with E-state index in [0.717, 1.165) is 16.7 Å². The van der Waals surface area contributed by atoms with Crippen molar-refractivity contribution in [1.29, 1.82) is 0 Å². The van der Waals surface area contributed by atoms with E-state index in [-0.39, 0.29) is 23.9 Å². The van der Waals surface area contributed by atoms with Gasteiger partial charge in [0.25, 0.3) is 5.56 Å². The van der Waals surface area contributed by atoms with Gasteiger partial charge in [0.15, 0.2) is 11.5 Å². The van der Waals surface area contributed by atoms with Gasteiger partial charge < -0.3 is 14.4 Å². The molecule has 34 heavy (non-hydrogen) atoms. The number of ether oxygens (including phenoxy) is 2. The molecule has 0 saturated heterocycles. The Morgan fingerprint density at radius 3 is 2.41 bits per heavy atom. The van der Waals surface area contributed by atoms with Gasteiger partial charge in [-0.15, -0.1) is 0 Å². The zero-order valence-electron chi connectivity index (χ0n) is 19.1. The Kier molecular flexibility index (Phi) is 5.76. The quantitative estimate of drug-likeness (QED) is 0.497. The number of aromatic amines is 1. The van der Waals surface area contributed by atoms with Crippen LogP contribution in [0.3, 0.4) is 0 Å². The summed E-state index contributed by atoms with van der Waals surface area (Å²) in [6, 6.07) is 20.9. The van der Waals surface area contributed by atoms with E-state index in [9.17, 15) is 9.59 Å². The number of fused-ring (bicyclic) bond motifs is 2. The number of amides is 1. The van der Waals surface area contributed by atoms with Crippen molar-refractivity contribution in [2.24, 2.45) is 0 Å². The third kappa shape index (κ3) is 3.79. The molecule has 1 aliphatic heterocycles. The molecule has 0 radical (unpaired) electrons. The fraction of sp³-hybridized carbons (Fsp3) is 0.222. The van der Waals surface area contributed by atoms with Gasteiger partial charge in [0.2, 0.25) is 5.91 Å². The van der Waals surface area contributed by atoms with Crippen LogP contribution in [0.15, 0.2) is 71.5 Å². The summed E-state index contributed by atoms with van der Waals surface area (Å²) in [5.74, 6) is 1.25. The molecule has 1 aromatic heterocycles. The van der Waals surface area contributed by atoms with E-state index in [1.54, 1.807) is 26.4 Å². The van der Waals surface area contributed by atoms with Crippen LogP contribution in [0.4, 0.5) is 0 Å². The normalized spacial score (nSPS) is 15.1. The van der Waals surface area contributed by atoms with Crippen molar-refractivity contribution < 1.29 is 14.3 Å². The monoisotopic (exact) mass is 455 g/mol. The molecule has 1 N–H and O–H groups in total. The first-order valence-corrected chi connectivity index (χ1v) is 11.2. The molecular formula is C27H25N3O4. The van der Waals surface area contributed by atoms with Crippen LogP contribution < -0.4 is 15.0 Å². The molecule has 172 valence electrons. The van der Waals surface area contributed by atoms with Crippen LogP contribution in [0.2, 0.25) is 0 Å². The largest absolute Gasteiger partial charge is 0.493 e. The van der Waals surface area contributed by atoms with Crippen molar-refractivity contribution in [3.63, 3.8) is 0 Å². The lowest BCUT2D eigenvalue weighted by Gasteiger charge is -2.38. The molecule has 0 fully saturated rings. The number of carbonyl (C=O) groups excluding carboxylic acids is 1. The van der Waals surface area contributed by atoms with Gasteiger partial charge >= 0.3 is 0 Å². The Hall–Kier alpha value is -4.13. The molecule has 5 rings (SSSR count). The van der Waals surface area contributed by atoms with E-state index < -0.39 is 0 Å². The first kappa shape index (κ1) is 21.7. The lowest BCUT2D eigenvalue weighted by atomic mass is 9.87. The van der Waals surface area contributed by atoms with Gasteiger partial charge in [0.1, 0.15) is 0 Å². The van der Waals surface area contributed by atoms with Crippen LogP contribution >= 0.6 is 0 Å². The van der Waals surface area contributed by atoms with Crippen LogP contribution in [0.5, 0.6) is 11.5 Å². The van der Waals surface area contributed by atoms with Gasteiger partial charge in [-0.05, 0) is 41.3 Å². The Balaban J connectivity index is 1.57. The van der Waals surface area contributed by atoms with Crippen molar-refractivity contribution in [1.82, 2.24) is 15.1 Å². The summed E-state index contributed by atoms with van der Waals surface area (Å²) in [4.78, 5) is 27.8. The number of aromatic nitrogens is 2. The first-order valence-electron chi connectivity index (χ1n) is 11.2. The van der Waals surface area contributed by atoms with Crippen LogP contribution in [0.1, 0.15) is 28.4 Å². The summed E-state index contributed by atoms with van der Waals surface area (Å²) in [6.45, 7) is 0.558. The molecule has 0 bridgehead atoms. The average molecular weight is 456 g/mol. The lowest BCUT2D eigenvalue weighted by Crippen LogP contribution is -2.41. The van der Waals surface area contributed by atoms with E-state index in [4.69, 9.17) is 9.47 Å². The van der Waals surface area contributed by atoms with Crippen LogP contribution in [-0.2, 0) is 17.6 Å². The maximum Gasteiger partial charge on any atom is 0.272 e. The number of carbonyl (C=O) groups is 1. The molecule has 1 atom stereocenters. The zero-order valence-corrected chi connectivity index (χ0v) is 19.1. The highest BCUT2D eigenvalue weighted by molar-refractivity contribution is 5.88. The summed E-state index contributed by atoms with van der Waals surface area (Å²) in [5, 5.41) is 7.97. The van der Waals surface area contributed by atoms with Crippen molar-refractivity contribution >= 4 is 16.7 Å². The Morgan fingerprint density at radius 1 is 1.00 bits per heavy atom. The highest BCUT2D eigenvalue weighted by Crippen LogP contribution is 2.41. The average Bonchev–Trinajstić information content (AvgIpc) is 2.89. The van der Waals surface area contributed by atoms with Gasteiger partial charge in [-0.25, -0.2) is 5.10 Å². The topological polar surface area (TPSA) is 84.5 Å². The standard InChI is InChI=1S/C27H25N3O4/c1-33-23-14-18-12-13-30(26(17-8-4-3-5-9-17)21(18)15-24(23)34-2)25(31)16-22-19-10-6-7-11-20(19)27(32)29-28-22/h3-11,14-15,26H,12-13,16H2,1-2H3,(H,29,32)/t26-/m0/s1. The second-order valence-corrected chi connectivity index (χ2v) is 8.28. The minimum absolute atomic E-state index is 0.0565. The van der Waals surface area contributed by atoms with Crippen molar-refractivity contribution in [3.8, 4) is 11.5 Å². The molecule has 7 heteroatoms. The summed E-state index contributed by atoms with van der Waals surface area (Å²) in [6.07, 6.45) is 0.786. The Bertz CT molecular complexity index is 1410. The van der Waals surface area contributed by atoms with Gasteiger partial charge in [-0.1, -0.05) is 48.5 Å². The number of hydrogen-bond acceptors (Lipinski definition) is 5. The maximum atomic E-state index is 13.7. The molecular weight excluding hydrogens is 430 g/mol. The predicted molar refractivity (Wildman–Crippen MR) is 129 cm³/mol. The molecule has 1 amide bonds. The first-order chi connectivity index (χ1) is 16.6. The SMILES string of the molecule is COc1cc2c(cc1OC)[C@H](c1ccccc1)N(C(=O)Cc1n[nH]c(=O)c3ccccc13)CC2. The van der Waals surface area contributed by atoms with Gasteiger partial charge in [-0.2, -0.15) is 5.10 Å². The van der Waals surface area contributed by atoms with Gasteiger partial charge in [-0.3, -0.25) is 9.59 Å². The maximum absolute atomic E-state index is 13.7. The number of benzene rings is 3. The van der Waals surface area contributed by atoms with Crippen LogP contribution in [0.25, 0.3) is 10.8 Å². The van der Waals surface area contributed by atoms with Crippen molar-refractivity contribution in [2.45, 2.75) is 18.9 Å². The number of nitrogens with zero attached hydrogens (tertiary/aromatic N) is 2. The van der Waals surface area contributed by atoms with E-state index in [0.29, 0.717) is 40.9 Å². The molecule has 4 aromatic rings. The predicted octanol–water partition coefficient (Wildman–Crippen LogP) is 3.66. The van der Waals surface area contributed by atoms with E-state index in [2.05, 4.69) is 10.2 Å². The second-order valence-electron chi connectivity index (χ2n) is 8.28. The third-order valence-corrected chi connectivity index (χ3v) is 6.40. The van der Waals surface area contributed by atoms with Gasteiger partial charge in [0, 0.05) is 11.9 Å². The van der Waals surface area contributed by atoms with Crippen molar-refractivity contribution in [3.05, 3.63) is 99.5 Å². The van der Waals surface area contributed by atoms with E-state index in [1.165, 1.54) is 0 Å². The van der Waals surface area contributed by atoms with Crippen molar-refractivity contribution in [2.75, 3.05) is 20.8 Å². The summed E-state index contributed by atoms with van der Waals surface area (Å²) >= 11 is 0. The van der Waals surface area contributed by atoms with E-state index >= 15 is 0 Å². The molecule has 2 heterocycles. The van der Waals surface area contributed by atoms with E-state index in [1.807, 2.05) is 59.5 Å². The minimum Gasteiger partial charge on any atom is -0.493 e. The Labute approximate surface area is 196 Å². The number of rotatable bonds is 5. The molecule has 0 spiro atoms. The number of nitrogens with one attached hydrogen (secondary N) is 1.